The number of alkyl halides is 1. The second kappa shape index (κ2) is 28.7. The summed E-state index contributed by atoms with van der Waals surface area (Å²) in [5, 5.41) is 24.3. The number of amides is 1. The number of benzene rings is 3. The van der Waals surface area contributed by atoms with E-state index in [9.17, 15) is 51.9 Å². The van der Waals surface area contributed by atoms with Gasteiger partial charge >= 0.3 is 11.7 Å². The average molecular weight is 1150 g/mol. The lowest BCUT2D eigenvalue weighted by Gasteiger charge is -2.31. The number of Topliss-reactive ketones (excluding diaryl/α,β-unsaturated/α-hetero) is 3. The number of para-hydroxylation sites is 1. The zero-order chi connectivity index (χ0) is 57.5. The number of carboxylic acids is 1. The van der Waals surface area contributed by atoms with E-state index in [4.69, 9.17) is 64.4 Å². The molecule has 21 nitrogen and oxygen atoms in total. The van der Waals surface area contributed by atoms with Crippen molar-refractivity contribution >= 4 is 92.6 Å². The molecule has 26 heteroatoms. The predicted molar refractivity (Wildman–Crippen MR) is 285 cm³/mol. The highest BCUT2D eigenvalue weighted by Crippen LogP contribution is 2.36. The number of carboxylic acid groups (broad SMARTS) is 1. The maximum Gasteiger partial charge on any atom is 0.442 e. The molecule has 0 saturated heterocycles. The molecule has 1 fully saturated rings. The Morgan fingerprint density at radius 3 is 2.12 bits per heavy atom. The number of hydrogen-bond donors (Lipinski definition) is 3. The second-order valence-corrected chi connectivity index (χ2v) is 24.3. The van der Waals surface area contributed by atoms with Crippen LogP contribution in [0, 0.1) is 23.0 Å². The van der Waals surface area contributed by atoms with Crippen LogP contribution < -0.4 is 21.1 Å². The van der Waals surface area contributed by atoms with Gasteiger partial charge in [-0.15, -0.1) is 16.7 Å². The van der Waals surface area contributed by atoms with Crippen LogP contribution in [0.5, 0.6) is 5.75 Å². The summed E-state index contributed by atoms with van der Waals surface area (Å²) >= 11 is 18.1. The van der Waals surface area contributed by atoms with Gasteiger partial charge in [0.25, 0.3) is 5.69 Å². The van der Waals surface area contributed by atoms with E-state index < -0.39 is 74.4 Å². The molecule has 5 rings (SSSR count). The van der Waals surface area contributed by atoms with Gasteiger partial charge in [-0.1, -0.05) is 69.1 Å². The number of aliphatic carboxylic acids is 1. The molecule has 3 atom stereocenters. The Morgan fingerprint density at radius 1 is 1.05 bits per heavy atom. The summed E-state index contributed by atoms with van der Waals surface area (Å²) in [6.45, 7) is 17.2. The quantitative estimate of drug-likeness (QED) is 0.0224. The fourth-order valence-corrected chi connectivity index (χ4v) is 9.07. The number of anilines is 1. The number of nitrogens with two attached hydrogens (primary N) is 1. The zero-order valence-corrected chi connectivity index (χ0v) is 47.5. The summed E-state index contributed by atoms with van der Waals surface area (Å²) < 4.78 is 50.7. The number of ether oxygens (including phenoxy) is 2. The smallest absolute Gasteiger partial charge is 0.442 e. The monoisotopic (exact) mass is 1150 g/mol. The minimum absolute atomic E-state index is 0.0223. The first-order valence-corrected chi connectivity index (χ1v) is 28.7. The minimum Gasteiger partial charge on any atom is -0.489 e. The lowest BCUT2D eigenvalue weighted by atomic mass is 9.81. The molecule has 0 radical (unpaired) electrons. The van der Waals surface area contributed by atoms with E-state index in [-0.39, 0.29) is 64.7 Å². The van der Waals surface area contributed by atoms with Gasteiger partial charge in [-0.3, -0.25) is 38.7 Å². The molecule has 1 aromatic heterocycles. The number of halogens is 3. The molecule has 75 heavy (non-hydrogen) atoms. The van der Waals surface area contributed by atoms with Gasteiger partial charge in [0.15, 0.2) is 34.6 Å². The first-order valence-electron chi connectivity index (χ1n) is 23.2. The van der Waals surface area contributed by atoms with Gasteiger partial charge in [0.1, 0.15) is 23.6 Å². The number of sulfone groups is 1. The highest BCUT2D eigenvalue weighted by Gasteiger charge is 2.39. The highest BCUT2D eigenvalue weighted by atomic mass is 35.5. The van der Waals surface area contributed by atoms with Crippen molar-refractivity contribution in [3.05, 3.63) is 102 Å². The number of nitrogens with zero attached hydrogens (tertiary/aromatic N) is 4. The molecule has 3 aromatic carbocycles. The lowest BCUT2D eigenvalue weighted by molar-refractivity contribution is -0.385. The fraction of sp³-hybridized carbons (Fsp3) is 0.490. The minimum atomic E-state index is -3.70. The van der Waals surface area contributed by atoms with Crippen LogP contribution in [0.15, 0.2) is 62.6 Å². The first-order chi connectivity index (χ1) is 34.6. The third-order valence-corrected chi connectivity index (χ3v) is 13.8. The van der Waals surface area contributed by atoms with Gasteiger partial charge in [0, 0.05) is 56.6 Å². The number of carbonyl (C=O) groups excluding carboxylic acids is 4. The summed E-state index contributed by atoms with van der Waals surface area (Å²) in [7, 11) is -5.16. The molecule has 0 spiro atoms. The van der Waals surface area contributed by atoms with E-state index in [1.807, 2.05) is 60.6 Å². The predicted octanol–water partition coefficient (Wildman–Crippen LogP) is 8.19. The number of carbonyl (C=O) groups is 5. The van der Waals surface area contributed by atoms with E-state index >= 15 is 0 Å². The van der Waals surface area contributed by atoms with Gasteiger partial charge in [0.2, 0.25) is 11.8 Å². The van der Waals surface area contributed by atoms with E-state index in [0.29, 0.717) is 35.4 Å². The molecule has 1 heterocycles. The summed E-state index contributed by atoms with van der Waals surface area (Å²) in [6, 6.07) is 10.9. The molecule has 0 aliphatic heterocycles. The maximum atomic E-state index is 12.4. The summed E-state index contributed by atoms with van der Waals surface area (Å²) in [5.74, 6) is -4.71. The summed E-state index contributed by atoms with van der Waals surface area (Å²) in [6.07, 6.45) is 2.18. The number of nitro benzene ring substituents is 1. The lowest BCUT2D eigenvalue weighted by Crippen LogP contribution is -2.43. The Kier molecular flexibility index (Phi) is 25.2. The van der Waals surface area contributed by atoms with Gasteiger partial charge in [-0.2, -0.15) is 4.68 Å². The number of rotatable bonds is 17. The van der Waals surface area contributed by atoms with Crippen LogP contribution >= 0.6 is 42.2 Å². The third kappa shape index (κ3) is 19.6. The normalized spacial score (nSPS) is 14.4. The maximum absolute atomic E-state index is 12.4. The van der Waals surface area contributed by atoms with Crippen molar-refractivity contribution < 1.29 is 65.8 Å². The molecule has 4 aromatic rings. The summed E-state index contributed by atoms with van der Waals surface area (Å²) in [4.78, 5) is 90.9. The van der Waals surface area contributed by atoms with Crippen LogP contribution in [0.3, 0.4) is 0 Å². The molecular weight excluding hydrogens is 1080 g/mol. The topological polar surface area (TPSA) is 316 Å². The molecule has 1 aliphatic rings. The molecular formula is C49H65Cl3N5O16PS. The van der Waals surface area contributed by atoms with Crippen LogP contribution in [-0.2, 0) is 50.2 Å². The average Bonchev–Trinajstić information content (AvgIpc) is 3.71. The zero-order valence-electron chi connectivity index (χ0n) is 43.6. The number of ketones is 3. The van der Waals surface area contributed by atoms with Gasteiger partial charge in [-0.05, 0) is 76.3 Å². The number of hydrogen-bond acceptors (Lipinski definition) is 16. The van der Waals surface area contributed by atoms with Gasteiger partial charge in [-0.25, -0.2) is 13.2 Å². The van der Waals surface area contributed by atoms with Crippen LogP contribution in [0.2, 0.25) is 10.0 Å². The summed E-state index contributed by atoms with van der Waals surface area (Å²) in [5.41, 5.74) is 7.11. The molecule has 414 valence electrons. The number of nitro groups is 1. The highest BCUT2D eigenvalue weighted by molar-refractivity contribution is 7.90. The molecule has 1 amide bonds. The Labute approximate surface area is 450 Å². The Morgan fingerprint density at radius 2 is 1.65 bits per heavy atom. The van der Waals surface area contributed by atoms with Crippen LogP contribution in [0.4, 0.5) is 11.4 Å². The van der Waals surface area contributed by atoms with Gasteiger partial charge in [0.05, 0.1) is 55.6 Å². The number of aromatic nitrogens is 2. The molecule has 1 aliphatic carbocycles. The number of methoxy groups -OCH3 is 1. The van der Waals surface area contributed by atoms with Crippen molar-refractivity contribution in [2.45, 2.75) is 116 Å². The van der Waals surface area contributed by atoms with Crippen LogP contribution in [-0.4, -0.2) is 119 Å². The Balaban J connectivity index is 0.000000352. The second-order valence-electron chi connectivity index (χ2n) is 18.7. The Bertz CT molecular complexity index is 2920. The van der Waals surface area contributed by atoms with E-state index in [1.165, 1.54) is 12.7 Å². The van der Waals surface area contributed by atoms with Gasteiger partial charge < -0.3 is 34.5 Å². The molecule has 4 N–H and O–H groups in total. The molecule has 1 saturated carbocycles. The third-order valence-electron chi connectivity index (χ3n) is 10.7. The first kappa shape index (κ1) is 65.8. The van der Waals surface area contributed by atoms with Crippen molar-refractivity contribution in [1.82, 2.24) is 9.78 Å². The fourth-order valence-electron chi connectivity index (χ4n) is 7.04. The van der Waals surface area contributed by atoms with Crippen molar-refractivity contribution in [3.8, 4) is 11.4 Å². The molecule has 3 unspecified atom stereocenters. The van der Waals surface area contributed by atoms with Crippen molar-refractivity contribution in [2.24, 2.45) is 11.7 Å². The SMILES string of the molecule is CC(C)Oc1cc(-n2nc(C(C)(C)C)oc2=O)c(Cl)cc1Cl.CCc1cccc(C)c1N(C(=O)CCl)C(C)COC.CP(=O)(O)CCC(N)C(=O)O.CS(=O)(=O)c1ccc(C(=O)C2C(=O)CCCC2=O)c([N+](=O)[O-])c1. The van der Waals surface area contributed by atoms with Crippen LogP contribution in [0.25, 0.3) is 5.69 Å². The van der Waals surface area contributed by atoms with E-state index in [2.05, 4.69) is 18.1 Å². The van der Waals surface area contributed by atoms with E-state index in [1.54, 1.807) is 18.1 Å². The largest absolute Gasteiger partial charge is 0.489 e. The van der Waals surface area contributed by atoms with E-state index in [0.717, 1.165) is 52.4 Å². The number of aryl methyl sites for hydroxylation is 2. The van der Waals surface area contributed by atoms with Crippen molar-refractivity contribution in [2.75, 3.05) is 43.6 Å². The van der Waals surface area contributed by atoms with Crippen molar-refractivity contribution in [3.63, 3.8) is 0 Å². The standard InChI is InChI=1S/C15H18Cl2N2O3.C15H22ClNO2.C14H13NO7S.C5H12NO4P/c1-8(2)21-12-7-11(9(16)6-10(12)17)19-14(20)22-13(18-19)15(3,4)5;1-5-13-8-6-7-11(2)15(13)17(14(18)9-16)12(3)10-19-4;1-23(21,22)8-5-6-9(10(7-8)15(19)20)14(18)13-11(16)3-2-4-12(13)17;1-11(9,10)3-2-4(6)5(7)8/h6-8H,1-5H3;6-8,12H,5,9-10H2,1-4H3;5-7,13H,2-4H2,1H3;4H,2-3,6H2,1H3,(H,7,8)(H,9,10). The molecule has 0 bridgehead atoms. The van der Waals surface area contributed by atoms with Crippen LogP contribution in [0.1, 0.15) is 102 Å². The van der Waals surface area contributed by atoms with Crippen molar-refractivity contribution in [1.29, 1.82) is 0 Å². The Hall–Kier alpha value is -5.32.